The van der Waals surface area contributed by atoms with Gasteiger partial charge < -0.3 is 5.32 Å². The largest absolute Gasteiger partial charge is 0.344 e. The smallest absolute Gasteiger partial charge is 0.255 e. The van der Waals surface area contributed by atoms with Crippen molar-refractivity contribution >= 4 is 17.2 Å². The summed E-state index contributed by atoms with van der Waals surface area (Å²) in [5.41, 5.74) is 3.24. The fourth-order valence-corrected chi connectivity index (χ4v) is 3.74. The van der Waals surface area contributed by atoms with Gasteiger partial charge in [0, 0.05) is 12.4 Å². The lowest BCUT2D eigenvalue weighted by Crippen LogP contribution is -2.27. The molecule has 0 bridgehead atoms. The summed E-state index contributed by atoms with van der Waals surface area (Å²) in [6, 6.07) is 19.5. The van der Waals surface area contributed by atoms with E-state index in [1.807, 2.05) is 71.7 Å². The van der Waals surface area contributed by atoms with Crippen molar-refractivity contribution in [1.29, 1.82) is 0 Å². The van der Waals surface area contributed by atoms with Gasteiger partial charge in [0.25, 0.3) is 5.91 Å². The Labute approximate surface area is 167 Å². The maximum Gasteiger partial charge on any atom is 0.255 e. The van der Waals surface area contributed by atoms with Gasteiger partial charge in [0.1, 0.15) is 5.69 Å². The first-order valence-electron chi connectivity index (χ1n) is 9.08. The Morgan fingerprint density at radius 1 is 1.11 bits per heavy atom. The van der Waals surface area contributed by atoms with E-state index < -0.39 is 0 Å². The molecule has 0 saturated carbocycles. The number of pyridine rings is 1. The average Bonchev–Trinajstić information content (AvgIpc) is 3.39. The van der Waals surface area contributed by atoms with Crippen LogP contribution in [-0.2, 0) is 6.54 Å². The minimum absolute atomic E-state index is 0.152. The molecule has 4 rings (SSSR count). The number of hydrogen-bond acceptors (Lipinski definition) is 4. The molecule has 6 heteroatoms. The molecule has 1 amide bonds. The number of aromatic nitrogens is 3. The number of hydrogen-bond donors (Lipinski definition) is 1. The lowest BCUT2D eigenvalue weighted by molar-refractivity contribution is 0.0939. The number of rotatable bonds is 6. The van der Waals surface area contributed by atoms with Crippen molar-refractivity contribution < 1.29 is 4.79 Å². The van der Waals surface area contributed by atoms with Gasteiger partial charge in [-0.25, -0.2) is 0 Å². The molecule has 140 valence electrons. The summed E-state index contributed by atoms with van der Waals surface area (Å²) in [5, 5.41) is 9.73. The predicted molar refractivity (Wildman–Crippen MR) is 111 cm³/mol. The Morgan fingerprint density at radius 3 is 2.64 bits per heavy atom. The van der Waals surface area contributed by atoms with Crippen LogP contribution in [0, 0.1) is 0 Å². The highest BCUT2D eigenvalue weighted by Crippen LogP contribution is 2.27. The molecular formula is C22H20N4OS. The number of nitrogens with one attached hydrogen (secondary N) is 1. The molecule has 5 nitrogen and oxygen atoms in total. The zero-order valence-corrected chi connectivity index (χ0v) is 16.3. The highest BCUT2D eigenvalue weighted by atomic mass is 32.1. The second kappa shape index (κ2) is 8.19. The number of carbonyl (C=O) groups is 1. The first-order valence-corrected chi connectivity index (χ1v) is 9.96. The molecule has 0 unspecified atom stereocenters. The summed E-state index contributed by atoms with van der Waals surface area (Å²) in [5.74, 6) is -0.152. The second-order valence-corrected chi connectivity index (χ2v) is 7.45. The third-order valence-corrected chi connectivity index (χ3v) is 5.30. The van der Waals surface area contributed by atoms with Crippen LogP contribution < -0.4 is 5.32 Å². The van der Waals surface area contributed by atoms with Crippen molar-refractivity contribution in [1.82, 2.24) is 20.1 Å². The summed E-state index contributed by atoms with van der Waals surface area (Å²) in [4.78, 5) is 18.3. The normalized spacial score (nSPS) is 11.9. The van der Waals surface area contributed by atoms with Crippen LogP contribution in [0.4, 0.5) is 0 Å². The van der Waals surface area contributed by atoms with E-state index in [0.29, 0.717) is 17.8 Å². The number of benzene rings is 1. The van der Waals surface area contributed by atoms with E-state index in [0.717, 1.165) is 16.1 Å². The van der Waals surface area contributed by atoms with Gasteiger partial charge in [-0.3, -0.25) is 14.5 Å². The molecule has 0 aliphatic heterocycles. The highest BCUT2D eigenvalue weighted by Gasteiger charge is 2.21. The molecule has 0 aliphatic carbocycles. The molecule has 0 spiro atoms. The Morgan fingerprint density at radius 2 is 1.93 bits per heavy atom. The molecule has 3 aromatic heterocycles. The number of nitrogens with zero attached hydrogens (tertiary/aromatic N) is 3. The third-order valence-electron chi connectivity index (χ3n) is 4.43. The lowest BCUT2D eigenvalue weighted by atomic mass is 10.1. The molecule has 0 fully saturated rings. The van der Waals surface area contributed by atoms with Crippen molar-refractivity contribution in [2.45, 2.75) is 19.5 Å². The topological polar surface area (TPSA) is 59.8 Å². The Kier molecular flexibility index (Phi) is 5.30. The van der Waals surface area contributed by atoms with Crippen molar-refractivity contribution in [3.63, 3.8) is 0 Å². The van der Waals surface area contributed by atoms with E-state index >= 15 is 0 Å². The van der Waals surface area contributed by atoms with Crippen LogP contribution in [0.5, 0.6) is 0 Å². The van der Waals surface area contributed by atoms with Crippen molar-refractivity contribution in [2.24, 2.45) is 0 Å². The van der Waals surface area contributed by atoms with Crippen molar-refractivity contribution in [3.8, 4) is 10.6 Å². The van der Waals surface area contributed by atoms with E-state index in [-0.39, 0.29) is 11.9 Å². The summed E-state index contributed by atoms with van der Waals surface area (Å²) in [6.07, 6.45) is 3.55. The molecule has 1 aromatic carbocycles. The quantitative estimate of drug-likeness (QED) is 0.527. The minimum Gasteiger partial charge on any atom is -0.344 e. The molecule has 4 aromatic rings. The lowest BCUT2D eigenvalue weighted by Gasteiger charge is -2.13. The minimum atomic E-state index is -0.192. The second-order valence-electron chi connectivity index (χ2n) is 6.50. The number of carbonyl (C=O) groups excluding carboxylic acids is 1. The molecule has 0 radical (unpaired) electrons. The van der Waals surface area contributed by atoms with Gasteiger partial charge in [0.15, 0.2) is 0 Å². The zero-order chi connectivity index (χ0) is 19.3. The third kappa shape index (κ3) is 4.02. The molecule has 0 aliphatic rings. The van der Waals surface area contributed by atoms with Gasteiger partial charge >= 0.3 is 0 Å². The predicted octanol–water partition coefficient (Wildman–Crippen LogP) is 4.55. The zero-order valence-electron chi connectivity index (χ0n) is 15.4. The molecule has 1 N–H and O–H groups in total. The molecule has 1 atom stereocenters. The molecular weight excluding hydrogens is 368 g/mol. The number of amides is 1. The maximum atomic E-state index is 13.0. The van der Waals surface area contributed by atoms with Gasteiger partial charge in [0.2, 0.25) is 0 Å². The Hall–Kier alpha value is -3.25. The van der Waals surface area contributed by atoms with E-state index in [1.54, 1.807) is 17.5 Å². The van der Waals surface area contributed by atoms with Crippen LogP contribution in [0.15, 0.2) is 78.4 Å². The van der Waals surface area contributed by atoms with Crippen molar-refractivity contribution in [3.05, 3.63) is 95.3 Å². The van der Waals surface area contributed by atoms with Gasteiger partial charge in [-0.15, -0.1) is 11.3 Å². The van der Waals surface area contributed by atoms with Crippen LogP contribution in [0.25, 0.3) is 10.6 Å². The standard InChI is InChI=1S/C22H20N4OS/c1-16(19-10-5-6-12-23-19)24-22(27)18-15-26(14-17-8-3-2-4-9-17)25-21(18)20-11-7-13-28-20/h2-13,15-16H,14H2,1H3,(H,24,27)/t16-/m1/s1. The van der Waals surface area contributed by atoms with E-state index in [2.05, 4.69) is 22.4 Å². The molecule has 0 saturated heterocycles. The van der Waals surface area contributed by atoms with Gasteiger partial charge in [0.05, 0.1) is 28.7 Å². The van der Waals surface area contributed by atoms with E-state index in [9.17, 15) is 4.79 Å². The van der Waals surface area contributed by atoms with E-state index in [1.165, 1.54) is 0 Å². The van der Waals surface area contributed by atoms with Crippen molar-refractivity contribution in [2.75, 3.05) is 0 Å². The summed E-state index contributed by atoms with van der Waals surface area (Å²) in [6.45, 7) is 2.54. The van der Waals surface area contributed by atoms with Gasteiger partial charge in [-0.1, -0.05) is 42.5 Å². The van der Waals surface area contributed by atoms with Crippen LogP contribution >= 0.6 is 11.3 Å². The maximum absolute atomic E-state index is 13.0. The average molecular weight is 388 g/mol. The molecule has 28 heavy (non-hydrogen) atoms. The summed E-state index contributed by atoms with van der Waals surface area (Å²) >= 11 is 1.57. The fourth-order valence-electron chi connectivity index (χ4n) is 3.01. The Balaban J connectivity index is 1.62. The summed E-state index contributed by atoms with van der Waals surface area (Å²) < 4.78 is 1.82. The summed E-state index contributed by atoms with van der Waals surface area (Å²) in [7, 11) is 0. The van der Waals surface area contributed by atoms with Crippen LogP contribution in [-0.4, -0.2) is 20.7 Å². The van der Waals surface area contributed by atoms with Crippen LogP contribution in [0.3, 0.4) is 0 Å². The van der Waals surface area contributed by atoms with Crippen LogP contribution in [0.2, 0.25) is 0 Å². The van der Waals surface area contributed by atoms with E-state index in [4.69, 9.17) is 5.10 Å². The first-order chi connectivity index (χ1) is 13.7. The monoisotopic (exact) mass is 388 g/mol. The van der Waals surface area contributed by atoms with Gasteiger partial charge in [-0.05, 0) is 36.1 Å². The first kappa shape index (κ1) is 18.1. The van der Waals surface area contributed by atoms with Gasteiger partial charge in [-0.2, -0.15) is 5.10 Å². The van der Waals surface area contributed by atoms with Crippen LogP contribution in [0.1, 0.15) is 34.6 Å². The molecule has 3 heterocycles. The highest BCUT2D eigenvalue weighted by molar-refractivity contribution is 7.13. The number of thiophene rings is 1. The SMILES string of the molecule is C[C@@H](NC(=O)c1cn(Cc2ccccc2)nc1-c1cccs1)c1ccccn1. The fraction of sp³-hybridized carbons (Fsp3) is 0.136. The Bertz CT molecular complexity index is 1040.